The molecule has 0 radical (unpaired) electrons. The first-order valence-electron chi connectivity index (χ1n) is 6.76. The van der Waals surface area contributed by atoms with Crippen molar-refractivity contribution < 1.29 is 5.11 Å². The summed E-state index contributed by atoms with van der Waals surface area (Å²) in [5.74, 6) is 0. The predicted molar refractivity (Wildman–Crippen MR) is 86.3 cm³/mol. The molecule has 0 amide bonds. The van der Waals surface area contributed by atoms with Crippen molar-refractivity contribution in [2.24, 2.45) is 0 Å². The van der Waals surface area contributed by atoms with Crippen LogP contribution in [0.15, 0.2) is 42.5 Å². The highest BCUT2D eigenvalue weighted by Crippen LogP contribution is 2.27. The maximum Gasteiger partial charge on any atom is 0.0830 e. The molecule has 0 bridgehead atoms. The number of hydrogen-bond acceptors (Lipinski definition) is 1. The molecule has 1 aliphatic rings. The Balaban J connectivity index is 1.76. The van der Waals surface area contributed by atoms with Crippen LogP contribution < -0.4 is 0 Å². The predicted octanol–water partition coefficient (Wildman–Crippen LogP) is 4.06. The summed E-state index contributed by atoms with van der Waals surface area (Å²) in [5.41, 5.74) is 5.14. The van der Waals surface area contributed by atoms with E-state index < -0.39 is 6.10 Å². The number of fused-ring (bicyclic) bond motifs is 1. The molecule has 98 valence electrons. The first kappa shape index (κ1) is 13.1. The number of halogens is 1. The lowest BCUT2D eigenvalue weighted by atomic mass is 9.98. The molecule has 19 heavy (non-hydrogen) atoms. The molecule has 0 aliphatic heterocycles. The number of rotatable bonds is 3. The third-order valence-electron chi connectivity index (χ3n) is 3.85. The molecule has 0 heterocycles. The van der Waals surface area contributed by atoms with Crippen molar-refractivity contribution in [1.29, 1.82) is 0 Å². The first-order valence-corrected chi connectivity index (χ1v) is 7.84. The summed E-state index contributed by atoms with van der Waals surface area (Å²) in [6.45, 7) is 0. The Morgan fingerprint density at radius 3 is 2.53 bits per heavy atom. The quantitative estimate of drug-likeness (QED) is 0.815. The smallest absolute Gasteiger partial charge is 0.0830 e. The Labute approximate surface area is 127 Å². The molecule has 3 rings (SSSR count). The molecule has 1 atom stereocenters. The van der Waals surface area contributed by atoms with E-state index in [0.29, 0.717) is 6.42 Å². The zero-order chi connectivity index (χ0) is 13.2. The summed E-state index contributed by atoms with van der Waals surface area (Å²) in [5, 5.41) is 10.4. The second-order valence-electron chi connectivity index (χ2n) is 5.23. The molecule has 1 N–H and O–H groups in total. The van der Waals surface area contributed by atoms with Gasteiger partial charge in [-0.3, -0.25) is 0 Å². The summed E-state index contributed by atoms with van der Waals surface area (Å²) in [6, 6.07) is 14.8. The van der Waals surface area contributed by atoms with E-state index >= 15 is 0 Å². The van der Waals surface area contributed by atoms with Gasteiger partial charge in [0, 0.05) is 9.99 Å². The minimum absolute atomic E-state index is 0.397. The highest BCUT2D eigenvalue weighted by molar-refractivity contribution is 14.1. The van der Waals surface area contributed by atoms with Crippen LogP contribution in [0.4, 0.5) is 0 Å². The summed E-state index contributed by atoms with van der Waals surface area (Å²) in [4.78, 5) is 0. The second-order valence-corrected chi connectivity index (χ2v) is 6.47. The second kappa shape index (κ2) is 5.63. The fourth-order valence-electron chi connectivity index (χ4n) is 2.76. The SMILES string of the molecule is OC(Cc1ccc(I)cc1)c1ccc2c(c1)CCC2. The van der Waals surface area contributed by atoms with Gasteiger partial charge in [-0.15, -0.1) is 0 Å². The Hall–Kier alpha value is -0.870. The van der Waals surface area contributed by atoms with Crippen molar-refractivity contribution in [3.63, 3.8) is 0 Å². The van der Waals surface area contributed by atoms with Gasteiger partial charge in [-0.05, 0) is 76.2 Å². The van der Waals surface area contributed by atoms with Gasteiger partial charge in [-0.1, -0.05) is 30.3 Å². The molecule has 1 unspecified atom stereocenters. The lowest BCUT2D eigenvalue weighted by Gasteiger charge is -2.13. The van der Waals surface area contributed by atoms with Crippen LogP contribution in [-0.4, -0.2) is 5.11 Å². The number of aliphatic hydroxyl groups excluding tert-OH is 1. The molecule has 0 fully saturated rings. The molecule has 0 spiro atoms. The Bertz CT molecular complexity index is 574. The van der Waals surface area contributed by atoms with Gasteiger partial charge in [0.1, 0.15) is 0 Å². The van der Waals surface area contributed by atoms with Crippen LogP contribution in [0.5, 0.6) is 0 Å². The fourth-order valence-corrected chi connectivity index (χ4v) is 3.12. The molecule has 1 aliphatic carbocycles. The summed E-state index contributed by atoms with van der Waals surface area (Å²) in [7, 11) is 0. The van der Waals surface area contributed by atoms with Crippen LogP contribution in [0.2, 0.25) is 0 Å². The summed E-state index contributed by atoms with van der Waals surface area (Å²) < 4.78 is 1.23. The maximum absolute atomic E-state index is 10.4. The van der Waals surface area contributed by atoms with Gasteiger partial charge in [-0.2, -0.15) is 0 Å². The highest BCUT2D eigenvalue weighted by atomic mass is 127. The minimum Gasteiger partial charge on any atom is -0.388 e. The third-order valence-corrected chi connectivity index (χ3v) is 4.57. The van der Waals surface area contributed by atoms with Crippen LogP contribution in [0, 0.1) is 3.57 Å². The van der Waals surface area contributed by atoms with Gasteiger partial charge in [0.25, 0.3) is 0 Å². The van der Waals surface area contributed by atoms with Gasteiger partial charge < -0.3 is 5.11 Å². The fraction of sp³-hybridized carbons (Fsp3) is 0.294. The zero-order valence-electron chi connectivity index (χ0n) is 10.8. The van der Waals surface area contributed by atoms with Crippen LogP contribution >= 0.6 is 22.6 Å². The van der Waals surface area contributed by atoms with E-state index in [4.69, 9.17) is 0 Å². The summed E-state index contributed by atoms with van der Waals surface area (Å²) in [6.07, 6.45) is 3.91. The van der Waals surface area contributed by atoms with Gasteiger partial charge in [0.15, 0.2) is 0 Å². The van der Waals surface area contributed by atoms with E-state index in [0.717, 1.165) is 5.56 Å². The Morgan fingerprint density at radius 2 is 1.74 bits per heavy atom. The Kier molecular flexibility index (Phi) is 3.89. The van der Waals surface area contributed by atoms with Crippen molar-refractivity contribution in [3.05, 3.63) is 68.3 Å². The van der Waals surface area contributed by atoms with E-state index in [2.05, 4.69) is 65.1 Å². The lowest BCUT2D eigenvalue weighted by molar-refractivity contribution is 0.178. The van der Waals surface area contributed by atoms with E-state index in [1.165, 1.54) is 39.5 Å². The molecule has 0 aromatic heterocycles. The van der Waals surface area contributed by atoms with Gasteiger partial charge in [0.2, 0.25) is 0 Å². The zero-order valence-corrected chi connectivity index (χ0v) is 12.9. The van der Waals surface area contributed by atoms with E-state index in [9.17, 15) is 5.11 Å². The van der Waals surface area contributed by atoms with Crippen molar-refractivity contribution in [1.82, 2.24) is 0 Å². The number of aliphatic hydroxyl groups is 1. The number of benzene rings is 2. The Morgan fingerprint density at radius 1 is 1.00 bits per heavy atom. The maximum atomic E-state index is 10.4. The van der Waals surface area contributed by atoms with Crippen LogP contribution in [-0.2, 0) is 19.3 Å². The van der Waals surface area contributed by atoms with Crippen LogP contribution in [0.25, 0.3) is 0 Å². The van der Waals surface area contributed by atoms with Crippen molar-refractivity contribution in [2.45, 2.75) is 31.8 Å². The molecule has 1 nitrogen and oxygen atoms in total. The molecule has 2 aromatic carbocycles. The summed E-state index contributed by atoms with van der Waals surface area (Å²) >= 11 is 2.30. The first-order chi connectivity index (χ1) is 9.22. The van der Waals surface area contributed by atoms with Gasteiger partial charge >= 0.3 is 0 Å². The molecule has 0 saturated heterocycles. The molecule has 2 heteroatoms. The largest absolute Gasteiger partial charge is 0.388 e. The van der Waals surface area contributed by atoms with E-state index in [1.54, 1.807) is 0 Å². The lowest BCUT2D eigenvalue weighted by Crippen LogP contribution is -2.02. The molecule has 2 aromatic rings. The van der Waals surface area contributed by atoms with Crippen molar-refractivity contribution in [3.8, 4) is 0 Å². The standard InChI is InChI=1S/C17H17IO/c18-16-8-4-12(5-9-16)10-17(19)15-7-6-13-2-1-3-14(13)11-15/h4-9,11,17,19H,1-3,10H2. The monoisotopic (exact) mass is 364 g/mol. The average Bonchev–Trinajstić information content (AvgIpc) is 2.88. The average molecular weight is 364 g/mol. The molecular formula is C17H17IO. The van der Waals surface area contributed by atoms with Crippen molar-refractivity contribution in [2.75, 3.05) is 0 Å². The molecular weight excluding hydrogens is 347 g/mol. The highest BCUT2D eigenvalue weighted by Gasteiger charge is 2.14. The van der Waals surface area contributed by atoms with Crippen LogP contribution in [0.1, 0.15) is 34.8 Å². The normalized spacial score (nSPS) is 15.3. The minimum atomic E-state index is -0.397. The van der Waals surface area contributed by atoms with E-state index in [-0.39, 0.29) is 0 Å². The van der Waals surface area contributed by atoms with Crippen molar-refractivity contribution >= 4 is 22.6 Å². The molecule has 0 saturated carbocycles. The number of aryl methyl sites for hydroxylation is 2. The van der Waals surface area contributed by atoms with E-state index in [1.807, 2.05) is 0 Å². The number of hydrogen-bond donors (Lipinski definition) is 1. The van der Waals surface area contributed by atoms with Crippen LogP contribution in [0.3, 0.4) is 0 Å². The third kappa shape index (κ3) is 3.00. The topological polar surface area (TPSA) is 20.2 Å². The van der Waals surface area contributed by atoms with Gasteiger partial charge in [0.05, 0.1) is 6.10 Å². The van der Waals surface area contributed by atoms with Gasteiger partial charge in [-0.25, -0.2) is 0 Å².